The molecule has 9 nitrogen and oxygen atoms in total. The molecule has 0 amide bonds. The summed E-state index contributed by atoms with van der Waals surface area (Å²) in [6.45, 7) is 5.12. The first-order valence-corrected chi connectivity index (χ1v) is 11.2. The Balaban J connectivity index is 1.62. The van der Waals surface area contributed by atoms with Gasteiger partial charge in [0.15, 0.2) is 11.5 Å². The summed E-state index contributed by atoms with van der Waals surface area (Å²) < 4.78 is 12.9. The van der Waals surface area contributed by atoms with Crippen molar-refractivity contribution in [1.82, 2.24) is 4.57 Å². The number of Topliss-reactive ketones (excluding diaryl/α,β-unsaturated/α-hetero) is 1. The molecule has 1 aliphatic heterocycles. The van der Waals surface area contributed by atoms with Crippen molar-refractivity contribution in [3.8, 4) is 11.5 Å². The summed E-state index contributed by atoms with van der Waals surface area (Å²) in [6.07, 6.45) is 0. The van der Waals surface area contributed by atoms with Gasteiger partial charge in [0.05, 0.1) is 16.5 Å². The van der Waals surface area contributed by atoms with Gasteiger partial charge in [0.1, 0.15) is 5.75 Å². The average Bonchev–Trinajstić information content (AvgIpc) is 3.35. The van der Waals surface area contributed by atoms with Gasteiger partial charge >= 0.3 is 17.8 Å². The van der Waals surface area contributed by atoms with Crippen LogP contribution in [0, 0.1) is 0 Å². The van der Waals surface area contributed by atoms with Crippen LogP contribution < -0.4 is 9.47 Å². The molecule has 0 bridgehead atoms. The lowest BCUT2D eigenvalue weighted by Crippen LogP contribution is -2.13. The smallest absolute Gasteiger partial charge is 0.332 e. The number of oxime groups is 1. The number of ketones is 2. The van der Waals surface area contributed by atoms with Crippen LogP contribution in [0.2, 0.25) is 0 Å². The first-order chi connectivity index (χ1) is 17.3. The highest BCUT2D eigenvalue weighted by atomic mass is 16.7. The molecular weight excluding hydrogens is 464 g/mol. The number of carbonyl (C=O) groups excluding carboxylic acids is 4. The highest BCUT2D eigenvalue weighted by Crippen LogP contribution is 2.41. The first kappa shape index (κ1) is 23.0. The van der Waals surface area contributed by atoms with Crippen molar-refractivity contribution < 1.29 is 33.5 Å². The molecule has 0 saturated carbocycles. The molecule has 1 aliphatic rings. The molecule has 0 unspecified atom stereocenters. The Labute approximate surface area is 204 Å². The highest BCUT2D eigenvalue weighted by Gasteiger charge is 2.33. The lowest BCUT2D eigenvalue weighted by molar-refractivity contribution is -0.141. The molecule has 1 aromatic heterocycles. The Morgan fingerprint density at radius 1 is 0.917 bits per heavy atom. The number of benzene rings is 3. The van der Waals surface area contributed by atoms with Crippen LogP contribution in [0.3, 0.4) is 0 Å². The zero-order valence-corrected chi connectivity index (χ0v) is 19.7. The maximum absolute atomic E-state index is 13.3. The van der Waals surface area contributed by atoms with Crippen LogP contribution in [0.5, 0.6) is 11.5 Å². The molecule has 4 aromatic rings. The maximum Gasteiger partial charge on any atom is 0.332 e. The van der Waals surface area contributed by atoms with E-state index in [4.69, 9.17) is 9.47 Å². The third-order valence-electron chi connectivity index (χ3n) is 5.83. The third-order valence-corrected chi connectivity index (χ3v) is 5.83. The summed E-state index contributed by atoms with van der Waals surface area (Å²) in [4.78, 5) is 52.9. The standard InChI is InChI=1S/C27H20N2O7/c1-4-29-21-11-7-17(24(32)16-5-8-18(9-6-16)34-14(2)30)13-20(21)23-22(29)12-10-19-25(33)27(35-26(19)23)28-36-15(3)31/h5-13H,4H2,1-3H3/b28-27-. The SMILES string of the molecule is CCn1c2ccc(C(=O)c3ccc(OC(C)=O)cc3)cc2c2c3c(ccc21)C(=O)/C(=N/OC(C)=O)O3. The quantitative estimate of drug-likeness (QED) is 0.135. The zero-order chi connectivity index (χ0) is 25.6. The number of carbonyl (C=O) groups is 4. The average molecular weight is 484 g/mol. The van der Waals surface area contributed by atoms with Gasteiger partial charge in [-0.15, -0.1) is 0 Å². The molecule has 2 heterocycles. The minimum Gasteiger partial charge on any atom is -0.432 e. The molecule has 0 saturated heterocycles. The number of nitrogens with zero attached hydrogens (tertiary/aromatic N) is 2. The molecular formula is C27H20N2O7. The lowest BCUT2D eigenvalue weighted by Gasteiger charge is -2.05. The largest absolute Gasteiger partial charge is 0.432 e. The van der Waals surface area contributed by atoms with E-state index in [0.717, 1.165) is 16.4 Å². The van der Waals surface area contributed by atoms with E-state index >= 15 is 0 Å². The number of aryl methyl sites for hydroxylation is 1. The lowest BCUT2D eigenvalue weighted by atomic mass is 10.00. The Morgan fingerprint density at radius 2 is 1.61 bits per heavy atom. The fourth-order valence-electron chi connectivity index (χ4n) is 4.36. The van der Waals surface area contributed by atoms with Gasteiger partial charge < -0.3 is 18.9 Å². The number of esters is 1. The number of fused-ring (bicyclic) bond motifs is 5. The van der Waals surface area contributed by atoms with Crippen LogP contribution in [0.1, 0.15) is 47.1 Å². The summed E-state index contributed by atoms with van der Waals surface area (Å²) in [6, 6.07) is 15.2. The fourth-order valence-corrected chi connectivity index (χ4v) is 4.36. The Morgan fingerprint density at radius 3 is 2.28 bits per heavy atom. The van der Waals surface area contributed by atoms with Crippen molar-refractivity contribution in [1.29, 1.82) is 0 Å². The number of hydrogen-bond donors (Lipinski definition) is 0. The van der Waals surface area contributed by atoms with E-state index in [1.54, 1.807) is 42.5 Å². The van der Waals surface area contributed by atoms with Gasteiger partial charge in [-0.05, 0) is 66.7 Å². The van der Waals surface area contributed by atoms with Gasteiger partial charge in [0.25, 0.3) is 5.78 Å². The fraction of sp³-hybridized carbons (Fsp3) is 0.148. The third kappa shape index (κ3) is 3.80. The Hall–Kier alpha value is -4.79. The van der Waals surface area contributed by atoms with E-state index in [1.807, 2.05) is 19.1 Å². The normalized spacial score (nSPS) is 13.6. The van der Waals surface area contributed by atoms with E-state index < -0.39 is 17.7 Å². The predicted octanol–water partition coefficient (Wildman–Crippen LogP) is 4.42. The van der Waals surface area contributed by atoms with E-state index in [0.29, 0.717) is 40.1 Å². The second-order valence-corrected chi connectivity index (χ2v) is 8.17. The van der Waals surface area contributed by atoms with Crippen LogP contribution in [-0.2, 0) is 21.0 Å². The highest BCUT2D eigenvalue weighted by molar-refractivity contribution is 6.47. The maximum atomic E-state index is 13.3. The second-order valence-electron chi connectivity index (χ2n) is 8.17. The second kappa shape index (κ2) is 8.77. The molecule has 36 heavy (non-hydrogen) atoms. The van der Waals surface area contributed by atoms with Crippen molar-refractivity contribution in [2.75, 3.05) is 0 Å². The van der Waals surface area contributed by atoms with E-state index in [9.17, 15) is 19.2 Å². The van der Waals surface area contributed by atoms with E-state index in [-0.39, 0.29) is 11.7 Å². The van der Waals surface area contributed by atoms with Crippen LogP contribution >= 0.6 is 0 Å². The van der Waals surface area contributed by atoms with E-state index in [2.05, 4.69) is 14.6 Å². The van der Waals surface area contributed by atoms with Crippen molar-refractivity contribution in [3.63, 3.8) is 0 Å². The molecule has 0 radical (unpaired) electrons. The molecule has 0 aliphatic carbocycles. The molecule has 5 rings (SSSR count). The summed E-state index contributed by atoms with van der Waals surface area (Å²) in [7, 11) is 0. The molecule has 9 heteroatoms. The molecule has 3 aromatic carbocycles. The van der Waals surface area contributed by atoms with Crippen molar-refractivity contribution >= 4 is 51.2 Å². The van der Waals surface area contributed by atoms with Gasteiger partial charge in [-0.1, -0.05) is 0 Å². The number of hydrogen-bond acceptors (Lipinski definition) is 8. The number of aromatic nitrogens is 1. The van der Waals surface area contributed by atoms with E-state index in [1.165, 1.54) is 13.8 Å². The first-order valence-electron chi connectivity index (χ1n) is 11.2. The molecule has 0 spiro atoms. The zero-order valence-electron chi connectivity index (χ0n) is 19.7. The van der Waals surface area contributed by atoms with Crippen LogP contribution in [0.4, 0.5) is 0 Å². The topological polar surface area (TPSA) is 113 Å². The summed E-state index contributed by atoms with van der Waals surface area (Å²) in [5.41, 5.74) is 2.85. The monoisotopic (exact) mass is 484 g/mol. The van der Waals surface area contributed by atoms with Crippen LogP contribution in [-0.4, -0.2) is 34.0 Å². The molecule has 0 fully saturated rings. The van der Waals surface area contributed by atoms with Crippen LogP contribution in [0.25, 0.3) is 21.8 Å². The minimum atomic E-state index is -0.674. The minimum absolute atomic E-state index is 0.217. The van der Waals surface area contributed by atoms with Gasteiger partial charge in [0, 0.05) is 42.4 Å². The summed E-state index contributed by atoms with van der Waals surface area (Å²) >= 11 is 0. The molecule has 180 valence electrons. The summed E-state index contributed by atoms with van der Waals surface area (Å²) in [5, 5.41) is 4.93. The molecule has 0 atom stereocenters. The van der Waals surface area contributed by atoms with Crippen molar-refractivity contribution in [2.24, 2.45) is 5.16 Å². The van der Waals surface area contributed by atoms with Gasteiger partial charge in [0.2, 0.25) is 0 Å². The van der Waals surface area contributed by atoms with Gasteiger partial charge in [-0.3, -0.25) is 14.4 Å². The van der Waals surface area contributed by atoms with Crippen molar-refractivity contribution in [2.45, 2.75) is 27.3 Å². The van der Waals surface area contributed by atoms with Crippen LogP contribution in [0.15, 0.2) is 59.8 Å². The number of rotatable bonds is 5. The van der Waals surface area contributed by atoms with Gasteiger partial charge in [-0.25, -0.2) is 4.79 Å². The Bertz CT molecular complexity index is 1630. The predicted molar refractivity (Wildman–Crippen MR) is 130 cm³/mol. The van der Waals surface area contributed by atoms with Crippen molar-refractivity contribution in [3.05, 3.63) is 71.3 Å². The summed E-state index contributed by atoms with van der Waals surface area (Å²) in [5.74, 6) is -1.51. The Kier molecular flexibility index (Phi) is 5.60. The van der Waals surface area contributed by atoms with Gasteiger partial charge in [-0.2, -0.15) is 0 Å². The number of ether oxygens (including phenoxy) is 2. The molecule has 0 N–H and O–H groups in total.